The van der Waals surface area contributed by atoms with E-state index < -0.39 is 0 Å². The van der Waals surface area contributed by atoms with Crippen molar-refractivity contribution in [3.63, 3.8) is 0 Å². The van der Waals surface area contributed by atoms with E-state index in [1.165, 1.54) is 36.8 Å². The van der Waals surface area contributed by atoms with Crippen LogP contribution in [0.5, 0.6) is 0 Å². The molecule has 0 atom stereocenters. The zero-order chi connectivity index (χ0) is 12.1. The van der Waals surface area contributed by atoms with Crippen molar-refractivity contribution < 1.29 is 0 Å². The van der Waals surface area contributed by atoms with Crippen LogP contribution >= 0.6 is 0 Å². The summed E-state index contributed by atoms with van der Waals surface area (Å²) >= 11 is 0. The maximum absolute atomic E-state index is 3.90. The molecule has 0 amide bonds. The summed E-state index contributed by atoms with van der Waals surface area (Å²) in [5, 5.41) is 0. The smallest absolute Gasteiger partial charge is 0.0133 e. The van der Waals surface area contributed by atoms with Gasteiger partial charge in [0.1, 0.15) is 0 Å². The Labute approximate surface area is 104 Å². The van der Waals surface area contributed by atoms with Crippen LogP contribution in [0.3, 0.4) is 0 Å². The van der Waals surface area contributed by atoms with Crippen LogP contribution in [-0.4, -0.2) is 0 Å². The van der Waals surface area contributed by atoms with E-state index in [1.807, 2.05) is 6.08 Å². The molecule has 0 unspecified atom stereocenters. The highest BCUT2D eigenvalue weighted by atomic mass is 14.2. The summed E-state index contributed by atoms with van der Waals surface area (Å²) in [6, 6.07) is 8.82. The Hall–Kier alpha value is -1.52. The number of benzene rings is 1. The van der Waals surface area contributed by atoms with E-state index in [0.717, 1.165) is 11.8 Å². The van der Waals surface area contributed by atoms with Crippen LogP contribution in [0.4, 0.5) is 0 Å². The fourth-order valence-corrected chi connectivity index (χ4v) is 2.67. The van der Waals surface area contributed by atoms with Gasteiger partial charge in [0.2, 0.25) is 0 Å². The molecule has 1 fully saturated rings. The van der Waals surface area contributed by atoms with Gasteiger partial charge in [-0.2, -0.15) is 0 Å². The highest BCUT2D eigenvalue weighted by molar-refractivity contribution is 5.48. The Morgan fingerprint density at radius 3 is 2.24 bits per heavy atom. The molecule has 2 rings (SSSR count). The first-order valence-corrected chi connectivity index (χ1v) is 6.42. The standard InChI is InChI=1S/C17H20/c1-3-5-15-8-12-17(13-9-15)16-10-6-14(4-2)7-11-16/h4-5,8-9,12-14,16H,1-2,6-7,10-11H2. The molecule has 1 aromatic carbocycles. The monoisotopic (exact) mass is 224 g/mol. The van der Waals surface area contributed by atoms with Gasteiger partial charge in [-0.25, -0.2) is 0 Å². The Kier molecular flexibility index (Phi) is 4.01. The maximum atomic E-state index is 3.90. The third-order valence-electron chi connectivity index (χ3n) is 3.78. The van der Waals surface area contributed by atoms with Crippen LogP contribution < -0.4 is 0 Å². The van der Waals surface area contributed by atoms with Crippen LogP contribution in [0.15, 0.2) is 49.2 Å². The summed E-state index contributed by atoms with van der Waals surface area (Å²) in [4.78, 5) is 0. The van der Waals surface area contributed by atoms with Crippen LogP contribution in [0, 0.1) is 5.92 Å². The number of allylic oxidation sites excluding steroid dienone is 1. The van der Waals surface area contributed by atoms with Crippen LogP contribution in [-0.2, 0) is 0 Å². The molecule has 1 aliphatic carbocycles. The number of hydrogen-bond acceptors (Lipinski definition) is 0. The molecule has 88 valence electrons. The van der Waals surface area contributed by atoms with Gasteiger partial charge in [-0.3, -0.25) is 0 Å². The van der Waals surface area contributed by atoms with Crippen LogP contribution in [0.25, 0.3) is 6.08 Å². The second-order valence-corrected chi connectivity index (χ2v) is 4.86. The molecule has 1 saturated carbocycles. The lowest BCUT2D eigenvalue weighted by Gasteiger charge is -2.26. The zero-order valence-corrected chi connectivity index (χ0v) is 10.4. The third kappa shape index (κ3) is 2.99. The molecule has 0 aromatic heterocycles. The van der Waals surface area contributed by atoms with Gasteiger partial charge in [0.25, 0.3) is 0 Å². The molecule has 0 heteroatoms. The minimum absolute atomic E-state index is 0.743. The van der Waals surface area contributed by atoms with E-state index in [-0.39, 0.29) is 0 Å². The molecule has 0 saturated heterocycles. The molecule has 0 radical (unpaired) electrons. The minimum atomic E-state index is 0.743. The molecule has 0 aliphatic heterocycles. The molecule has 1 aromatic rings. The van der Waals surface area contributed by atoms with Crippen LogP contribution in [0.1, 0.15) is 42.7 Å². The van der Waals surface area contributed by atoms with Gasteiger partial charge >= 0.3 is 0 Å². The zero-order valence-electron chi connectivity index (χ0n) is 10.4. The molecule has 0 heterocycles. The molecule has 17 heavy (non-hydrogen) atoms. The Morgan fingerprint density at radius 1 is 1.06 bits per heavy atom. The molecule has 0 spiro atoms. The van der Waals surface area contributed by atoms with E-state index in [0.29, 0.717) is 0 Å². The summed E-state index contributed by atoms with van der Waals surface area (Å²) in [6.45, 7) is 7.49. The second-order valence-electron chi connectivity index (χ2n) is 4.86. The van der Waals surface area contributed by atoms with Gasteiger partial charge in [-0.05, 0) is 54.7 Å². The summed E-state index contributed by atoms with van der Waals surface area (Å²) < 4.78 is 0. The topological polar surface area (TPSA) is 0 Å². The van der Waals surface area contributed by atoms with Crippen molar-refractivity contribution in [3.8, 4) is 0 Å². The predicted molar refractivity (Wildman–Crippen MR) is 74.9 cm³/mol. The highest BCUT2D eigenvalue weighted by Crippen LogP contribution is 2.36. The predicted octanol–water partition coefficient (Wildman–Crippen LogP) is 4.94. The average molecular weight is 224 g/mol. The normalized spacial score (nSPS) is 23.8. The lowest BCUT2D eigenvalue weighted by Crippen LogP contribution is -2.11. The van der Waals surface area contributed by atoms with E-state index in [1.54, 1.807) is 0 Å². The first kappa shape index (κ1) is 12.0. The van der Waals surface area contributed by atoms with E-state index >= 15 is 0 Å². The van der Waals surface area contributed by atoms with Crippen molar-refractivity contribution in [1.82, 2.24) is 0 Å². The number of rotatable bonds is 3. The summed E-state index contributed by atoms with van der Waals surface area (Å²) in [5.41, 5.74) is 5.47. The Morgan fingerprint density at radius 2 is 1.71 bits per heavy atom. The van der Waals surface area contributed by atoms with Gasteiger partial charge in [0, 0.05) is 0 Å². The quantitative estimate of drug-likeness (QED) is 0.503. The molecule has 0 nitrogen and oxygen atoms in total. The first-order valence-electron chi connectivity index (χ1n) is 6.42. The molecular weight excluding hydrogens is 204 g/mol. The SMILES string of the molecule is C=C=Cc1ccc(C2CCC(C=C)CC2)cc1. The van der Waals surface area contributed by atoms with Gasteiger partial charge in [-0.15, -0.1) is 12.3 Å². The Balaban J connectivity index is 2.03. The largest absolute Gasteiger partial charge is 0.128 e. The summed E-state index contributed by atoms with van der Waals surface area (Å²) in [6.07, 6.45) is 9.22. The fourth-order valence-electron chi connectivity index (χ4n) is 2.67. The van der Waals surface area contributed by atoms with Crippen molar-refractivity contribution in [2.45, 2.75) is 31.6 Å². The lowest BCUT2D eigenvalue weighted by atomic mass is 9.79. The van der Waals surface area contributed by atoms with Crippen LogP contribution in [0.2, 0.25) is 0 Å². The molecular formula is C17H20. The maximum Gasteiger partial charge on any atom is -0.0133 e. The first-order chi connectivity index (χ1) is 8.33. The number of hydrogen-bond donors (Lipinski definition) is 0. The highest BCUT2D eigenvalue weighted by Gasteiger charge is 2.20. The van der Waals surface area contributed by atoms with Gasteiger partial charge in [0.05, 0.1) is 0 Å². The summed E-state index contributed by atoms with van der Waals surface area (Å²) in [7, 11) is 0. The average Bonchev–Trinajstić information content (AvgIpc) is 2.40. The molecule has 1 aliphatic rings. The van der Waals surface area contributed by atoms with E-state index in [9.17, 15) is 0 Å². The van der Waals surface area contributed by atoms with E-state index in [2.05, 4.69) is 49.2 Å². The Bertz CT molecular complexity index is 410. The van der Waals surface area contributed by atoms with Gasteiger partial charge in [-0.1, -0.05) is 36.9 Å². The van der Waals surface area contributed by atoms with Crippen molar-refractivity contribution in [3.05, 3.63) is 60.4 Å². The van der Waals surface area contributed by atoms with Crippen molar-refractivity contribution in [1.29, 1.82) is 0 Å². The summed E-state index contributed by atoms with van der Waals surface area (Å²) in [5.74, 6) is 1.49. The third-order valence-corrected chi connectivity index (χ3v) is 3.78. The minimum Gasteiger partial charge on any atom is -0.128 e. The van der Waals surface area contributed by atoms with Crippen molar-refractivity contribution >= 4 is 6.08 Å². The van der Waals surface area contributed by atoms with Crippen molar-refractivity contribution in [2.75, 3.05) is 0 Å². The van der Waals surface area contributed by atoms with Crippen molar-refractivity contribution in [2.24, 2.45) is 5.92 Å². The van der Waals surface area contributed by atoms with Gasteiger partial charge in [0.15, 0.2) is 0 Å². The fraction of sp³-hybridized carbons (Fsp3) is 0.353. The molecule has 0 N–H and O–H groups in total. The van der Waals surface area contributed by atoms with Gasteiger partial charge < -0.3 is 0 Å². The molecule has 0 bridgehead atoms. The lowest BCUT2D eigenvalue weighted by molar-refractivity contribution is 0.376. The van der Waals surface area contributed by atoms with E-state index in [4.69, 9.17) is 0 Å². The second kappa shape index (κ2) is 5.70.